The maximum absolute atomic E-state index is 12.3. The van der Waals surface area contributed by atoms with Crippen molar-refractivity contribution in [2.24, 2.45) is 0 Å². The Labute approximate surface area is 126 Å². The number of rotatable bonds is 3. The lowest BCUT2D eigenvalue weighted by atomic mass is 10.1. The number of nitrogens with zero attached hydrogens (tertiary/aromatic N) is 1. The molecular formula is C15H15BrN2O2. The summed E-state index contributed by atoms with van der Waals surface area (Å²) >= 11 is 3.31. The van der Waals surface area contributed by atoms with E-state index in [4.69, 9.17) is 5.73 Å². The van der Waals surface area contributed by atoms with Crippen molar-refractivity contribution in [2.45, 2.75) is 6.54 Å². The van der Waals surface area contributed by atoms with E-state index in [1.54, 1.807) is 48.3 Å². The molecule has 20 heavy (non-hydrogen) atoms. The minimum absolute atomic E-state index is 0.154. The first-order valence-corrected chi connectivity index (χ1v) is 6.85. The molecule has 0 bridgehead atoms. The highest BCUT2D eigenvalue weighted by molar-refractivity contribution is 9.10. The van der Waals surface area contributed by atoms with E-state index in [1.807, 2.05) is 6.07 Å². The Kier molecular flexibility index (Phi) is 4.29. The first-order chi connectivity index (χ1) is 9.47. The maximum atomic E-state index is 12.3. The van der Waals surface area contributed by atoms with E-state index in [0.29, 0.717) is 17.8 Å². The van der Waals surface area contributed by atoms with E-state index in [0.717, 1.165) is 10.0 Å². The van der Waals surface area contributed by atoms with Gasteiger partial charge in [0.05, 0.1) is 5.56 Å². The standard InChI is InChI=1S/C15H15BrN2O2/c1-18(9-10-3-2-4-12(19)7-10)15(20)13-6-5-11(16)8-14(13)17/h2-8,19H,9,17H2,1H3. The van der Waals surface area contributed by atoms with Crippen molar-refractivity contribution in [3.05, 3.63) is 58.1 Å². The number of nitrogens with two attached hydrogens (primary N) is 1. The molecule has 0 aliphatic rings. The molecule has 2 aromatic rings. The summed E-state index contributed by atoms with van der Waals surface area (Å²) in [6.07, 6.45) is 0. The molecule has 0 heterocycles. The van der Waals surface area contributed by atoms with Gasteiger partial charge >= 0.3 is 0 Å². The number of aromatic hydroxyl groups is 1. The molecule has 0 saturated heterocycles. The predicted octanol–water partition coefficient (Wildman–Crippen LogP) is 3.01. The number of amides is 1. The minimum atomic E-state index is -0.154. The molecule has 0 aromatic heterocycles. The van der Waals surface area contributed by atoms with Crippen molar-refractivity contribution in [2.75, 3.05) is 12.8 Å². The van der Waals surface area contributed by atoms with Crippen LogP contribution in [0.3, 0.4) is 0 Å². The third-order valence-electron chi connectivity index (χ3n) is 2.92. The van der Waals surface area contributed by atoms with Crippen LogP contribution in [0, 0.1) is 0 Å². The van der Waals surface area contributed by atoms with Crippen LogP contribution in [0.1, 0.15) is 15.9 Å². The molecule has 0 aliphatic carbocycles. The van der Waals surface area contributed by atoms with Crippen LogP contribution in [0.5, 0.6) is 5.75 Å². The van der Waals surface area contributed by atoms with Gasteiger partial charge in [-0.1, -0.05) is 28.1 Å². The average molecular weight is 335 g/mol. The van der Waals surface area contributed by atoms with Gasteiger partial charge in [0, 0.05) is 23.8 Å². The van der Waals surface area contributed by atoms with Gasteiger partial charge in [-0.25, -0.2) is 0 Å². The average Bonchev–Trinajstić information content (AvgIpc) is 2.38. The van der Waals surface area contributed by atoms with Gasteiger partial charge in [0.1, 0.15) is 5.75 Å². The van der Waals surface area contributed by atoms with Crippen molar-refractivity contribution in [1.29, 1.82) is 0 Å². The Balaban J connectivity index is 2.16. The zero-order valence-electron chi connectivity index (χ0n) is 11.0. The third-order valence-corrected chi connectivity index (χ3v) is 3.41. The lowest BCUT2D eigenvalue weighted by Crippen LogP contribution is -2.26. The molecule has 104 valence electrons. The van der Waals surface area contributed by atoms with Gasteiger partial charge in [-0.2, -0.15) is 0 Å². The van der Waals surface area contributed by atoms with Gasteiger partial charge in [0.15, 0.2) is 0 Å². The molecule has 0 atom stereocenters. The number of anilines is 1. The van der Waals surface area contributed by atoms with Crippen LogP contribution in [0.2, 0.25) is 0 Å². The van der Waals surface area contributed by atoms with Crippen molar-refractivity contribution >= 4 is 27.5 Å². The molecule has 0 radical (unpaired) electrons. The molecule has 3 N–H and O–H groups in total. The molecule has 4 nitrogen and oxygen atoms in total. The first kappa shape index (κ1) is 14.4. The highest BCUT2D eigenvalue weighted by Crippen LogP contribution is 2.21. The normalized spacial score (nSPS) is 10.3. The van der Waals surface area contributed by atoms with Crippen LogP contribution in [-0.4, -0.2) is 23.0 Å². The van der Waals surface area contributed by atoms with E-state index in [-0.39, 0.29) is 11.7 Å². The Morgan fingerprint density at radius 1 is 1.30 bits per heavy atom. The van der Waals surface area contributed by atoms with Crippen molar-refractivity contribution in [3.63, 3.8) is 0 Å². The molecule has 0 saturated carbocycles. The summed E-state index contributed by atoms with van der Waals surface area (Å²) < 4.78 is 0.835. The Bertz CT molecular complexity index is 644. The monoisotopic (exact) mass is 334 g/mol. The number of phenolic OH excluding ortho intramolecular Hbond substituents is 1. The number of halogens is 1. The van der Waals surface area contributed by atoms with Gasteiger partial charge in [-0.05, 0) is 35.9 Å². The Morgan fingerprint density at radius 3 is 2.70 bits per heavy atom. The molecular weight excluding hydrogens is 320 g/mol. The summed E-state index contributed by atoms with van der Waals surface area (Å²) in [4.78, 5) is 13.9. The van der Waals surface area contributed by atoms with Crippen LogP contribution < -0.4 is 5.73 Å². The Morgan fingerprint density at radius 2 is 2.05 bits per heavy atom. The number of carbonyl (C=O) groups is 1. The number of hydrogen-bond acceptors (Lipinski definition) is 3. The van der Waals surface area contributed by atoms with Gasteiger partial charge < -0.3 is 15.7 Å². The molecule has 2 rings (SSSR count). The molecule has 5 heteroatoms. The Hall–Kier alpha value is -2.01. The highest BCUT2D eigenvalue weighted by atomic mass is 79.9. The first-order valence-electron chi connectivity index (χ1n) is 6.06. The summed E-state index contributed by atoms with van der Waals surface area (Å²) in [7, 11) is 1.70. The van der Waals surface area contributed by atoms with Crippen LogP contribution in [0.25, 0.3) is 0 Å². The van der Waals surface area contributed by atoms with Gasteiger partial charge in [-0.15, -0.1) is 0 Å². The largest absolute Gasteiger partial charge is 0.508 e. The zero-order valence-corrected chi connectivity index (χ0v) is 12.6. The van der Waals surface area contributed by atoms with Crippen molar-refractivity contribution in [1.82, 2.24) is 4.90 Å². The number of carbonyl (C=O) groups excluding carboxylic acids is 1. The summed E-state index contributed by atoms with van der Waals surface area (Å²) in [6, 6.07) is 12.0. The minimum Gasteiger partial charge on any atom is -0.508 e. The van der Waals surface area contributed by atoms with Crippen molar-refractivity contribution in [3.8, 4) is 5.75 Å². The highest BCUT2D eigenvalue weighted by Gasteiger charge is 2.15. The lowest BCUT2D eigenvalue weighted by Gasteiger charge is -2.18. The van der Waals surface area contributed by atoms with E-state index in [1.165, 1.54) is 0 Å². The van der Waals surface area contributed by atoms with Crippen LogP contribution in [-0.2, 0) is 6.54 Å². The van der Waals surface area contributed by atoms with Crippen LogP contribution in [0.15, 0.2) is 46.9 Å². The van der Waals surface area contributed by atoms with E-state index >= 15 is 0 Å². The van der Waals surface area contributed by atoms with E-state index in [2.05, 4.69) is 15.9 Å². The van der Waals surface area contributed by atoms with Crippen LogP contribution in [0.4, 0.5) is 5.69 Å². The maximum Gasteiger partial charge on any atom is 0.255 e. The second-order valence-corrected chi connectivity index (χ2v) is 5.48. The molecule has 1 amide bonds. The zero-order chi connectivity index (χ0) is 14.7. The fourth-order valence-corrected chi connectivity index (χ4v) is 2.31. The summed E-state index contributed by atoms with van der Waals surface area (Å²) in [5, 5.41) is 9.43. The summed E-state index contributed by atoms with van der Waals surface area (Å²) in [6.45, 7) is 0.405. The second kappa shape index (κ2) is 5.96. The van der Waals surface area contributed by atoms with Gasteiger partial charge in [-0.3, -0.25) is 4.79 Å². The molecule has 2 aromatic carbocycles. The number of benzene rings is 2. The van der Waals surface area contributed by atoms with Gasteiger partial charge in [0.25, 0.3) is 5.91 Å². The number of hydrogen-bond donors (Lipinski definition) is 2. The third kappa shape index (κ3) is 3.30. The quantitative estimate of drug-likeness (QED) is 0.848. The second-order valence-electron chi connectivity index (χ2n) is 4.56. The van der Waals surface area contributed by atoms with Gasteiger partial charge in [0.2, 0.25) is 0 Å². The summed E-state index contributed by atoms with van der Waals surface area (Å²) in [5.41, 5.74) is 7.62. The smallest absolute Gasteiger partial charge is 0.255 e. The summed E-state index contributed by atoms with van der Waals surface area (Å²) in [5.74, 6) is 0.0323. The topological polar surface area (TPSA) is 66.6 Å². The predicted molar refractivity (Wildman–Crippen MR) is 82.5 cm³/mol. The fourth-order valence-electron chi connectivity index (χ4n) is 1.93. The number of phenols is 1. The fraction of sp³-hybridized carbons (Fsp3) is 0.133. The van der Waals surface area contributed by atoms with E-state index in [9.17, 15) is 9.90 Å². The lowest BCUT2D eigenvalue weighted by molar-refractivity contribution is 0.0786. The van der Waals surface area contributed by atoms with Crippen LogP contribution >= 0.6 is 15.9 Å². The van der Waals surface area contributed by atoms with Crippen molar-refractivity contribution < 1.29 is 9.90 Å². The molecule has 0 fully saturated rings. The molecule has 0 unspecified atom stereocenters. The number of nitrogen functional groups attached to an aromatic ring is 1. The SMILES string of the molecule is CN(Cc1cccc(O)c1)C(=O)c1ccc(Br)cc1N. The molecule has 0 aliphatic heterocycles. The molecule has 0 spiro atoms. The van der Waals surface area contributed by atoms with E-state index < -0.39 is 0 Å².